The Bertz CT molecular complexity index is 554. The van der Waals surface area contributed by atoms with Crippen molar-refractivity contribution in [1.82, 2.24) is 9.88 Å². The second kappa shape index (κ2) is 6.31. The van der Waals surface area contributed by atoms with Gasteiger partial charge in [-0.2, -0.15) is 11.3 Å². The average molecular weight is 276 g/mol. The molecular weight excluding hydrogens is 260 g/mol. The molecule has 0 aromatic carbocycles. The van der Waals surface area contributed by atoms with Gasteiger partial charge < -0.3 is 10.9 Å². The van der Waals surface area contributed by atoms with Crippen molar-refractivity contribution in [2.24, 2.45) is 10.9 Å². The maximum Gasteiger partial charge on any atom is 0.188 e. The first-order valence-electron chi connectivity index (χ1n) is 5.81. The third-order valence-electron chi connectivity index (χ3n) is 2.68. The molecule has 0 aliphatic rings. The summed E-state index contributed by atoms with van der Waals surface area (Å²) in [6, 6.07) is 5.88. The van der Waals surface area contributed by atoms with Crippen LogP contribution in [0.2, 0.25) is 0 Å². The van der Waals surface area contributed by atoms with E-state index in [1.54, 1.807) is 17.5 Å². The van der Waals surface area contributed by atoms with Gasteiger partial charge in [-0.25, -0.2) is 0 Å². The molecule has 19 heavy (non-hydrogen) atoms. The molecule has 100 valence electrons. The fraction of sp³-hybridized carbons (Fsp3) is 0.231. The summed E-state index contributed by atoms with van der Waals surface area (Å²) in [5.41, 5.74) is 8.40. The van der Waals surface area contributed by atoms with Crippen LogP contribution < -0.4 is 5.73 Å². The molecule has 0 bridgehead atoms. The van der Waals surface area contributed by atoms with E-state index in [1.807, 2.05) is 12.1 Å². The molecule has 0 fully saturated rings. The van der Waals surface area contributed by atoms with Gasteiger partial charge in [0.1, 0.15) is 5.69 Å². The lowest BCUT2D eigenvalue weighted by Gasteiger charge is -2.16. The maximum absolute atomic E-state index is 8.65. The molecule has 0 aliphatic carbocycles. The molecule has 0 spiro atoms. The summed E-state index contributed by atoms with van der Waals surface area (Å²) in [6.07, 6.45) is 1.67. The number of thiophene rings is 1. The Hall–Kier alpha value is -1.92. The molecule has 2 rings (SSSR count). The van der Waals surface area contributed by atoms with E-state index in [-0.39, 0.29) is 5.84 Å². The average Bonchev–Trinajstić information content (AvgIpc) is 2.90. The molecule has 0 amide bonds. The van der Waals surface area contributed by atoms with Crippen molar-refractivity contribution in [2.45, 2.75) is 13.1 Å². The first kappa shape index (κ1) is 13.5. The maximum atomic E-state index is 8.65. The van der Waals surface area contributed by atoms with Gasteiger partial charge in [0, 0.05) is 19.3 Å². The van der Waals surface area contributed by atoms with Crippen molar-refractivity contribution in [3.8, 4) is 0 Å². The number of hydrogen-bond acceptors (Lipinski definition) is 5. The Morgan fingerprint density at radius 1 is 1.42 bits per heavy atom. The van der Waals surface area contributed by atoms with E-state index in [0.717, 1.165) is 18.7 Å². The molecule has 0 saturated carbocycles. The number of amidine groups is 1. The quantitative estimate of drug-likeness (QED) is 0.378. The fourth-order valence-electron chi connectivity index (χ4n) is 1.83. The van der Waals surface area contributed by atoms with E-state index in [0.29, 0.717) is 5.69 Å². The van der Waals surface area contributed by atoms with Crippen molar-refractivity contribution in [3.05, 3.63) is 52.0 Å². The Balaban J connectivity index is 2.02. The number of aromatic nitrogens is 1. The summed E-state index contributed by atoms with van der Waals surface area (Å²) in [4.78, 5) is 6.26. The van der Waals surface area contributed by atoms with Crippen molar-refractivity contribution >= 4 is 17.2 Å². The molecule has 2 heterocycles. The first-order chi connectivity index (χ1) is 9.19. The molecule has 0 saturated heterocycles. The van der Waals surface area contributed by atoms with Crippen LogP contribution in [-0.2, 0) is 13.1 Å². The molecule has 3 N–H and O–H groups in total. The highest BCUT2D eigenvalue weighted by Crippen LogP contribution is 2.11. The van der Waals surface area contributed by atoms with Crippen LogP contribution in [0.15, 0.2) is 40.3 Å². The smallest absolute Gasteiger partial charge is 0.188 e. The minimum atomic E-state index is 0.0299. The number of pyridine rings is 1. The zero-order chi connectivity index (χ0) is 13.7. The molecule has 2 aromatic heterocycles. The normalized spacial score (nSPS) is 12.0. The summed E-state index contributed by atoms with van der Waals surface area (Å²) in [7, 11) is 2.06. The van der Waals surface area contributed by atoms with Gasteiger partial charge in [-0.1, -0.05) is 5.16 Å². The van der Waals surface area contributed by atoms with E-state index in [1.165, 1.54) is 5.56 Å². The summed E-state index contributed by atoms with van der Waals surface area (Å²) >= 11 is 1.70. The van der Waals surface area contributed by atoms with Crippen LogP contribution in [0.3, 0.4) is 0 Å². The largest absolute Gasteiger partial charge is 0.409 e. The van der Waals surface area contributed by atoms with Crippen LogP contribution in [-0.4, -0.2) is 28.0 Å². The lowest BCUT2D eigenvalue weighted by Crippen LogP contribution is -2.19. The number of hydrogen-bond donors (Lipinski definition) is 2. The lowest BCUT2D eigenvalue weighted by atomic mass is 10.2. The van der Waals surface area contributed by atoms with Crippen LogP contribution >= 0.6 is 11.3 Å². The Labute approximate surface area is 116 Å². The van der Waals surface area contributed by atoms with Crippen LogP contribution in [0.25, 0.3) is 0 Å². The Morgan fingerprint density at radius 2 is 2.21 bits per heavy atom. The molecule has 0 aliphatic heterocycles. The molecular formula is C13H16N4OS. The standard InChI is InChI=1S/C13H16N4OS/c1-17(8-11-3-5-19-9-11)7-10-2-4-15-12(6-10)13(14)16-18/h2-6,9,18H,7-8H2,1H3,(H2,14,16). The van der Waals surface area contributed by atoms with Gasteiger partial charge in [0.15, 0.2) is 5.84 Å². The van der Waals surface area contributed by atoms with Gasteiger partial charge in [0.25, 0.3) is 0 Å². The van der Waals surface area contributed by atoms with Crippen LogP contribution in [0.4, 0.5) is 0 Å². The predicted octanol–water partition coefficient (Wildman–Crippen LogP) is 1.87. The molecule has 0 radical (unpaired) electrons. The van der Waals surface area contributed by atoms with Gasteiger partial charge in [0.2, 0.25) is 0 Å². The van der Waals surface area contributed by atoms with E-state index in [9.17, 15) is 0 Å². The monoisotopic (exact) mass is 276 g/mol. The SMILES string of the molecule is CN(Cc1ccsc1)Cc1ccnc(C(N)=NO)c1. The summed E-state index contributed by atoms with van der Waals surface area (Å²) < 4.78 is 0. The zero-order valence-electron chi connectivity index (χ0n) is 10.7. The van der Waals surface area contributed by atoms with Crippen molar-refractivity contribution in [1.29, 1.82) is 0 Å². The molecule has 6 heteroatoms. The van der Waals surface area contributed by atoms with E-state index >= 15 is 0 Å². The van der Waals surface area contributed by atoms with Crippen molar-refractivity contribution in [2.75, 3.05) is 7.05 Å². The first-order valence-corrected chi connectivity index (χ1v) is 6.76. The van der Waals surface area contributed by atoms with Crippen LogP contribution in [0.5, 0.6) is 0 Å². The number of nitrogens with two attached hydrogens (primary N) is 1. The van der Waals surface area contributed by atoms with Gasteiger partial charge >= 0.3 is 0 Å². The Kier molecular flexibility index (Phi) is 4.48. The van der Waals surface area contributed by atoms with Gasteiger partial charge in [0.05, 0.1) is 0 Å². The second-order valence-electron chi connectivity index (χ2n) is 4.34. The molecule has 0 unspecified atom stereocenters. The predicted molar refractivity (Wildman–Crippen MR) is 76.2 cm³/mol. The van der Waals surface area contributed by atoms with Crippen LogP contribution in [0.1, 0.15) is 16.8 Å². The third kappa shape index (κ3) is 3.77. The van der Waals surface area contributed by atoms with E-state index in [2.05, 4.69) is 38.9 Å². The summed E-state index contributed by atoms with van der Waals surface area (Å²) in [5.74, 6) is 0.0299. The number of nitrogens with zero attached hydrogens (tertiary/aromatic N) is 3. The minimum Gasteiger partial charge on any atom is -0.409 e. The van der Waals surface area contributed by atoms with Gasteiger partial charge in [-0.05, 0) is 47.1 Å². The van der Waals surface area contributed by atoms with Crippen molar-refractivity contribution in [3.63, 3.8) is 0 Å². The third-order valence-corrected chi connectivity index (χ3v) is 3.41. The second-order valence-corrected chi connectivity index (χ2v) is 5.12. The highest BCUT2D eigenvalue weighted by atomic mass is 32.1. The highest BCUT2D eigenvalue weighted by molar-refractivity contribution is 7.07. The van der Waals surface area contributed by atoms with Gasteiger partial charge in [-0.3, -0.25) is 9.88 Å². The van der Waals surface area contributed by atoms with Gasteiger partial charge in [-0.15, -0.1) is 0 Å². The number of rotatable bonds is 5. The Morgan fingerprint density at radius 3 is 2.89 bits per heavy atom. The fourth-order valence-corrected chi connectivity index (χ4v) is 2.49. The molecule has 0 atom stereocenters. The van der Waals surface area contributed by atoms with Crippen LogP contribution in [0, 0.1) is 0 Å². The minimum absolute atomic E-state index is 0.0299. The van der Waals surface area contributed by atoms with E-state index < -0.39 is 0 Å². The molecule has 2 aromatic rings. The molecule has 5 nitrogen and oxygen atoms in total. The lowest BCUT2D eigenvalue weighted by molar-refractivity contribution is 0.318. The summed E-state index contributed by atoms with van der Waals surface area (Å²) in [5, 5.41) is 15.8. The zero-order valence-corrected chi connectivity index (χ0v) is 11.5. The highest BCUT2D eigenvalue weighted by Gasteiger charge is 2.05. The topological polar surface area (TPSA) is 74.7 Å². The summed E-state index contributed by atoms with van der Waals surface area (Å²) in [6.45, 7) is 1.68. The van der Waals surface area contributed by atoms with Crippen molar-refractivity contribution < 1.29 is 5.21 Å². The van der Waals surface area contributed by atoms with E-state index in [4.69, 9.17) is 10.9 Å². The number of oxime groups is 1.